The zero-order chi connectivity index (χ0) is 18.3. The summed E-state index contributed by atoms with van der Waals surface area (Å²) in [5.74, 6) is 1.05. The van der Waals surface area contributed by atoms with Crippen molar-refractivity contribution >= 4 is 11.0 Å². The van der Waals surface area contributed by atoms with Crippen molar-refractivity contribution in [3.8, 4) is 11.5 Å². The summed E-state index contributed by atoms with van der Waals surface area (Å²) in [7, 11) is 0. The van der Waals surface area contributed by atoms with Gasteiger partial charge in [0.1, 0.15) is 17.6 Å². The van der Waals surface area contributed by atoms with Gasteiger partial charge in [0.05, 0.1) is 23.2 Å². The molecule has 3 rings (SSSR count). The van der Waals surface area contributed by atoms with E-state index in [2.05, 4.69) is 6.92 Å². The van der Waals surface area contributed by atoms with Gasteiger partial charge in [0, 0.05) is 18.1 Å². The van der Waals surface area contributed by atoms with E-state index in [1.807, 2.05) is 33.8 Å². The molecule has 1 aromatic heterocycles. The van der Waals surface area contributed by atoms with E-state index in [-0.39, 0.29) is 18.1 Å². The highest BCUT2D eigenvalue weighted by molar-refractivity contribution is 5.91. The normalized spacial score (nSPS) is 22.8. The third-order valence-corrected chi connectivity index (χ3v) is 4.79. The van der Waals surface area contributed by atoms with E-state index >= 15 is 0 Å². The minimum Gasteiger partial charge on any atom is -0.490 e. The predicted molar refractivity (Wildman–Crippen MR) is 96.5 cm³/mol. The number of aliphatic hydroxyl groups is 1. The molecule has 0 radical (unpaired) electrons. The Kier molecular flexibility index (Phi) is 4.78. The molecule has 0 spiro atoms. The summed E-state index contributed by atoms with van der Waals surface area (Å²) >= 11 is 0. The Balaban J connectivity index is 2.38. The van der Waals surface area contributed by atoms with E-state index in [1.54, 1.807) is 0 Å². The lowest BCUT2D eigenvalue weighted by Crippen LogP contribution is -2.32. The lowest BCUT2D eigenvalue weighted by molar-refractivity contribution is 0.0177. The van der Waals surface area contributed by atoms with Crippen molar-refractivity contribution in [3.63, 3.8) is 0 Å². The zero-order valence-electron chi connectivity index (χ0n) is 15.5. The van der Waals surface area contributed by atoms with Crippen LogP contribution in [0, 0.1) is 5.92 Å². The van der Waals surface area contributed by atoms with Gasteiger partial charge in [-0.25, -0.2) is 4.79 Å². The van der Waals surface area contributed by atoms with Gasteiger partial charge in [-0.05, 0) is 32.8 Å². The Morgan fingerprint density at radius 3 is 2.64 bits per heavy atom. The minimum absolute atomic E-state index is 0.0347. The molecule has 3 atom stereocenters. The van der Waals surface area contributed by atoms with Gasteiger partial charge in [-0.2, -0.15) is 0 Å². The molecule has 0 fully saturated rings. The maximum Gasteiger partial charge on any atom is 0.336 e. The molecule has 25 heavy (non-hydrogen) atoms. The van der Waals surface area contributed by atoms with Gasteiger partial charge in [0.15, 0.2) is 5.58 Å². The lowest BCUT2D eigenvalue weighted by atomic mass is 9.88. The van der Waals surface area contributed by atoms with Crippen molar-refractivity contribution in [1.29, 1.82) is 0 Å². The quantitative estimate of drug-likeness (QED) is 0.848. The van der Waals surface area contributed by atoms with E-state index < -0.39 is 11.7 Å². The molecule has 2 heterocycles. The summed E-state index contributed by atoms with van der Waals surface area (Å²) in [6.07, 6.45) is 0.695. The van der Waals surface area contributed by atoms with Crippen LogP contribution in [0.15, 0.2) is 21.3 Å². The number of hydrogen-bond donors (Lipinski definition) is 1. The van der Waals surface area contributed by atoms with Crippen molar-refractivity contribution in [2.75, 3.05) is 0 Å². The first kappa shape index (κ1) is 17.8. The van der Waals surface area contributed by atoms with Crippen LogP contribution in [0.3, 0.4) is 0 Å². The molecular formula is C20H26O5. The van der Waals surface area contributed by atoms with Crippen LogP contribution in [0.5, 0.6) is 11.5 Å². The van der Waals surface area contributed by atoms with Gasteiger partial charge < -0.3 is 19.0 Å². The molecule has 1 aromatic carbocycles. The van der Waals surface area contributed by atoms with Crippen LogP contribution in [-0.2, 0) is 6.42 Å². The van der Waals surface area contributed by atoms with Gasteiger partial charge in [0.25, 0.3) is 0 Å². The van der Waals surface area contributed by atoms with E-state index in [4.69, 9.17) is 13.9 Å². The molecular weight excluding hydrogens is 320 g/mol. The predicted octanol–water partition coefficient (Wildman–Crippen LogP) is 3.98. The Morgan fingerprint density at radius 1 is 1.28 bits per heavy atom. The molecule has 0 saturated carbocycles. The lowest BCUT2D eigenvalue weighted by Gasteiger charge is -2.34. The summed E-state index contributed by atoms with van der Waals surface area (Å²) in [6, 6.07) is 3.34. The van der Waals surface area contributed by atoms with Crippen LogP contribution in [0.4, 0.5) is 0 Å². The molecule has 5 heteroatoms. The highest BCUT2D eigenvalue weighted by atomic mass is 16.5. The van der Waals surface area contributed by atoms with Crippen molar-refractivity contribution < 1.29 is 19.0 Å². The van der Waals surface area contributed by atoms with Gasteiger partial charge in [-0.3, -0.25) is 0 Å². The monoisotopic (exact) mass is 346 g/mol. The van der Waals surface area contributed by atoms with E-state index in [0.29, 0.717) is 22.6 Å². The number of hydrogen-bond acceptors (Lipinski definition) is 5. The van der Waals surface area contributed by atoms with Crippen molar-refractivity contribution in [3.05, 3.63) is 33.7 Å². The van der Waals surface area contributed by atoms with Crippen LogP contribution in [0.25, 0.3) is 11.0 Å². The number of ether oxygens (including phenoxy) is 2. The van der Waals surface area contributed by atoms with Crippen molar-refractivity contribution in [2.45, 2.75) is 65.8 Å². The van der Waals surface area contributed by atoms with Crippen molar-refractivity contribution in [2.24, 2.45) is 5.92 Å². The first-order chi connectivity index (χ1) is 11.8. The SMILES string of the molecule is CCCc1cc(=O)oc2c3c(cc(OC(C)C)c12)O[C@H](C)[C@@H](C)[C@@H]3O. The van der Waals surface area contributed by atoms with E-state index in [0.717, 1.165) is 23.8 Å². The maximum atomic E-state index is 12.1. The first-order valence-electron chi connectivity index (χ1n) is 8.98. The van der Waals surface area contributed by atoms with Crippen LogP contribution in [0.1, 0.15) is 58.3 Å². The highest BCUT2D eigenvalue weighted by Gasteiger charge is 2.36. The molecule has 0 bridgehead atoms. The maximum absolute atomic E-state index is 12.1. The molecule has 0 aliphatic carbocycles. The Labute approximate surface area is 147 Å². The van der Waals surface area contributed by atoms with Crippen LogP contribution >= 0.6 is 0 Å². The number of fused-ring (bicyclic) bond motifs is 3. The van der Waals surface area contributed by atoms with Gasteiger partial charge >= 0.3 is 5.63 Å². The Bertz CT molecular complexity index is 836. The molecule has 2 aromatic rings. The second kappa shape index (κ2) is 6.71. The number of rotatable bonds is 4. The second-order valence-corrected chi connectivity index (χ2v) is 7.12. The third kappa shape index (κ3) is 3.13. The Hall–Kier alpha value is -2.01. The summed E-state index contributed by atoms with van der Waals surface area (Å²) in [5, 5.41) is 11.6. The van der Waals surface area contributed by atoms with E-state index in [1.165, 1.54) is 6.07 Å². The smallest absolute Gasteiger partial charge is 0.336 e. The number of aliphatic hydroxyl groups excluding tert-OH is 1. The van der Waals surface area contributed by atoms with Crippen LogP contribution in [-0.4, -0.2) is 17.3 Å². The average Bonchev–Trinajstić information content (AvgIpc) is 2.51. The third-order valence-electron chi connectivity index (χ3n) is 4.79. The fourth-order valence-corrected chi connectivity index (χ4v) is 3.40. The fraction of sp³-hybridized carbons (Fsp3) is 0.550. The molecule has 1 aliphatic rings. The van der Waals surface area contributed by atoms with Gasteiger partial charge in [-0.15, -0.1) is 0 Å². The van der Waals surface area contributed by atoms with E-state index in [9.17, 15) is 9.90 Å². The summed E-state index contributed by atoms with van der Waals surface area (Å²) in [5.41, 5.74) is 1.39. The number of benzene rings is 1. The largest absolute Gasteiger partial charge is 0.490 e. The van der Waals surface area contributed by atoms with Gasteiger partial charge in [0.2, 0.25) is 0 Å². The van der Waals surface area contributed by atoms with Crippen LogP contribution in [0.2, 0.25) is 0 Å². The van der Waals surface area contributed by atoms with Crippen molar-refractivity contribution in [1.82, 2.24) is 0 Å². The first-order valence-corrected chi connectivity index (χ1v) is 8.98. The van der Waals surface area contributed by atoms with Crippen LogP contribution < -0.4 is 15.1 Å². The molecule has 0 unspecified atom stereocenters. The second-order valence-electron chi connectivity index (χ2n) is 7.12. The molecule has 1 aliphatic heterocycles. The average molecular weight is 346 g/mol. The summed E-state index contributed by atoms with van der Waals surface area (Å²) < 4.78 is 17.5. The molecule has 1 N–H and O–H groups in total. The molecule has 5 nitrogen and oxygen atoms in total. The molecule has 0 saturated heterocycles. The van der Waals surface area contributed by atoms with Gasteiger partial charge in [-0.1, -0.05) is 20.3 Å². The topological polar surface area (TPSA) is 68.9 Å². The molecule has 136 valence electrons. The fourth-order valence-electron chi connectivity index (χ4n) is 3.40. The summed E-state index contributed by atoms with van der Waals surface area (Å²) in [4.78, 5) is 12.1. The zero-order valence-corrected chi connectivity index (χ0v) is 15.5. The Morgan fingerprint density at radius 2 is 2.00 bits per heavy atom. The summed E-state index contributed by atoms with van der Waals surface area (Å²) in [6.45, 7) is 9.81. The standard InChI is InChI=1S/C20H26O5/c1-6-7-13-8-16(21)25-20-17(13)14(23-10(2)3)9-15-18(20)19(22)11(4)12(5)24-15/h8-12,19,22H,6-7H2,1-5H3/t11-,12-,19+/m1/s1. The number of aryl methyl sites for hydroxylation is 1. The highest BCUT2D eigenvalue weighted by Crippen LogP contribution is 2.46. The minimum atomic E-state index is -0.755. The molecule has 0 amide bonds.